The van der Waals surface area contributed by atoms with Gasteiger partial charge < -0.3 is 5.73 Å². The Labute approximate surface area is 117 Å². The highest BCUT2D eigenvalue weighted by Gasteiger charge is 2.13. The van der Waals surface area contributed by atoms with E-state index < -0.39 is 10.8 Å². The van der Waals surface area contributed by atoms with Crippen molar-refractivity contribution in [2.75, 3.05) is 12.3 Å². The van der Waals surface area contributed by atoms with E-state index in [9.17, 15) is 4.21 Å². The standard InChI is InChI=1S/C16H19NOS/c17-11-16(15-9-5-2-6-10-15)13-19(18)12-14-7-3-1-4-8-14/h1-10,16H,11-13,17H2. The molecule has 2 nitrogen and oxygen atoms in total. The predicted octanol–water partition coefficient (Wildman–Crippen LogP) is 2.68. The molecule has 2 unspecified atom stereocenters. The Morgan fingerprint density at radius 1 is 0.947 bits per heavy atom. The molecule has 0 aliphatic carbocycles. The molecule has 0 radical (unpaired) electrons. The lowest BCUT2D eigenvalue weighted by Gasteiger charge is -2.14. The zero-order valence-corrected chi connectivity index (χ0v) is 11.7. The summed E-state index contributed by atoms with van der Waals surface area (Å²) in [5, 5.41) is 0. The molecule has 2 aromatic rings. The van der Waals surface area contributed by atoms with Crippen molar-refractivity contribution >= 4 is 10.8 Å². The Hall–Kier alpha value is -1.45. The first-order chi connectivity index (χ1) is 9.29. The molecule has 2 N–H and O–H groups in total. The third-order valence-corrected chi connectivity index (χ3v) is 4.54. The van der Waals surface area contributed by atoms with E-state index in [1.54, 1.807) is 0 Å². The molecule has 0 saturated heterocycles. The van der Waals surface area contributed by atoms with Crippen molar-refractivity contribution in [3.63, 3.8) is 0 Å². The van der Waals surface area contributed by atoms with Crippen molar-refractivity contribution in [1.29, 1.82) is 0 Å². The van der Waals surface area contributed by atoms with Gasteiger partial charge in [-0.25, -0.2) is 0 Å². The van der Waals surface area contributed by atoms with Gasteiger partial charge in [-0.1, -0.05) is 60.7 Å². The molecule has 100 valence electrons. The first-order valence-electron chi connectivity index (χ1n) is 6.43. The van der Waals surface area contributed by atoms with Gasteiger partial charge in [0.2, 0.25) is 0 Å². The van der Waals surface area contributed by atoms with Gasteiger partial charge >= 0.3 is 0 Å². The van der Waals surface area contributed by atoms with Crippen molar-refractivity contribution < 1.29 is 4.21 Å². The largest absolute Gasteiger partial charge is 0.330 e. The second kappa shape index (κ2) is 7.22. The molecule has 0 spiro atoms. The molecule has 0 amide bonds. The minimum atomic E-state index is -0.881. The van der Waals surface area contributed by atoms with Crippen molar-refractivity contribution in [3.8, 4) is 0 Å². The van der Waals surface area contributed by atoms with Crippen LogP contribution in [0, 0.1) is 0 Å². The highest BCUT2D eigenvalue weighted by Crippen LogP contribution is 2.16. The van der Waals surface area contributed by atoms with Crippen LogP contribution in [0.25, 0.3) is 0 Å². The molecule has 0 heterocycles. The second-order valence-corrected chi connectivity index (χ2v) is 6.08. The van der Waals surface area contributed by atoms with Crippen molar-refractivity contribution in [1.82, 2.24) is 0 Å². The lowest BCUT2D eigenvalue weighted by atomic mass is 10.0. The molecular weight excluding hydrogens is 254 g/mol. The molecule has 19 heavy (non-hydrogen) atoms. The first kappa shape index (κ1) is 14.0. The third-order valence-electron chi connectivity index (χ3n) is 3.11. The fourth-order valence-electron chi connectivity index (χ4n) is 2.07. The van der Waals surface area contributed by atoms with E-state index in [1.807, 2.05) is 48.5 Å². The van der Waals surface area contributed by atoms with E-state index in [2.05, 4.69) is 12.1 Å². The fourth-order valence-corrected chi connectivity index (χ4v) is 3.53. The smallest absolute Gasteiger partial charge is 0.0485 e. The van der Waals surface area contributed by atoms with Gasteiger partial charge in [-0.2, -0.15) is 0 Å². The third kappa shape index (κ3) is 4.30. The van der Waals surface area contributed by atoms with Crippen LogP contribution < -0.4 is 5.73 Å². The zero-order chi connectivity index (χ0) is 13.5. The summed E-state index contributed by atoms with van der Waals surface area (Å²) >= 11 is 0. The van der Waals surface area contributed by atoms with Gasteiger partial charge in [0.1, 0.15) is 0 Å². The number of hydrogen-bond donors (Lipinski definition) is 1. The Balaban J connectivity index is 1.97. The summed E-state index contributed by atoms with van der Waals surface area (Å²) in [6.45, 7) is 0.532. The van der Waals surface area contributed by atoms with Crippen LogP contribution >= 0.6 is 0 Å². The molecule has 0 aliphatic heterocycles. The minimum absolute atomic E-state index is 0.172. The van der Waals surface area contributed by atoms with Gasteiger partial charge in [0.15, 0.2) is 0 Å². The topological polar surface area (TPSA) is 43.1 Å². The molecular formula is C16H19NOS. The maximum absolute atomic E-state index is 12.2. The lowest BCUT2D eigenvalue weighted by Crippen LogP contribution is -2.19. The molecule has 0 fully saturated rings. The summed E-state index contributed by atoms with van der Waals surface area (Å²) in [5.74, 6) is 1.39. The van der Waals surface area contributed by atoms with Crippen LogP contribution in [0.4, 0.5) is 0 Å². The molecule has 0 aliphatic rings. The fraction of sp³-hybridized carbons (Fsp3) is 0.250. The van der Waals surface area contributed by atoms with Gasteiger partial charge in [-0.05, 0) is 11.1 Å². The van der Waals surface area contributed by atoms with E-state index in [4.69, 9.17) is 5.73 Å². The monoisotopic (exact) mass is 273 g/mol. The summed E-state index contributed by atoms with van der Waals surface area (Å²) in [6, 6.07) is 20.0. The SMILES string of the molecule is NCC(CS(=O)Cc1ccccc1)c1ccccc1. The molecule has 3 heteroatoms. The average molecular weight is 273 g/mol. The quantitative estimate of drug-likeness (QED) is 0.879. The summed E-state index contributed by atoms with van der Waals surface area (Å²) in [4.78, 5) is 0. The van der Waals surface area contributed by atoms with E-state index in [0.29, 0.717) is 18.1 Å². The van der Waals surface area contributed by atoms with Gasteiger partial charge in [0.25, 0.3) is 0 Å². The van der Waals surface area contributed by atoms with E-state index in [-0.39, 0.29) is 5.92 Å². The molecule has 0 bridgehead atoms. The van der Waals surface area contributed by atoms with Gasteiger partial charge in [-0.15, -0.1) is 0 Å². The van der Waals surface area contributed by atoms with Crippen molar-refractivity contribution in [2.45, 2.75) is 11.7 Å². The normalized spacial score (nSPS) is 13.9. The summed E-state index contributed by atoms with van der Waals surface area (Å²) in [6.07, 6.45) is 0. The van der Waals surface area contributed by atoms with Crippen molar-refractivity contribution in [2.24, 2.45) is 5.73 Å². The van der Waals surface area contributed by atoms with Gasteiger partial charge in [-0.3, -0.25) is 4.21 Å². The van der Waals surface area contributed by atoms with Crippen LogP contribution in [0.5, 0.6) is 0 Å². The number of nitrogens with two attached hydrogens (primary N) is 1. The van der Waals surface area contributed by atoms with Crippen LogP contribution in [0.2, 0.25) is 0 Å². The molecule has 0 saturated carbocycles. The van der Waals surface area contributed by atoms with Crippen LogP contribution in [0.1, 0.15) is 17.0 Å². The highest BCUT2D eigenvalue weighted by atomic mass is 32.2. The summed E-state index contributed by atoms with van der Waals surface area (Å²) in [5.41, 5.74) is 8.10. The minimum Gasteiger partial charge on any atom is -0.330 e. The molecule has 2 atom stereocenters. The van der Waals surface area contributed by atoms with Crippen LogP contribution in [0.3, 0.4) is 0 Å². The Bertz CT molecular complexity index is 513. The number of hydrogen-bond acceptors (Lipinski definition) is 2. The molecule has 0 aromatic heterocycles. The van der Waals surface area contributed by atoms with E-state index >= 15 is 0 Å². The number of rotatable bonds is 6. The average Bonchev–Trinajstić information content (AvgIpc) is 2.47. The van der Waals surface area contributed by atoms with E-state index in [1.165, 1.54) is 5.56 Å². The van der Waals surface area contributed by atoms with Crippen LogP contribution in [-0.4, -0.2) is 16.5 Å². The summed E-state index contributed by atoms with van der Waals surface area (Å²) < 4.78 is 12.2. The Morgan fingerprint density at radius 3 is 2.11 bits per heavy atom. The second-order valence-electron chi connectivity index (χ2n) is 4.58. The highest BCUT2D eigenvalue weighted by molar-refractivity contribution is 7.84. The zero-order valence-electron chi connectivity index (χ0n) is 10.9. The van der Waals surface area contributed by atoms with Crippen LogP contribution in [0.15, 0.2) is 60.7 Å². The lowest BCUT2D eigenvalue weighted by molar-refractivity contribution is 0.672. The maximum Gasteiger partial charge on any atom is 0.0485 e. The Morgan fingerprint density at radius 2 is 1.53 bits per heavy atom. The predicted molar refractivity (Wildman–Crippen MR) is 81.4 cm³/mol. The molecule has 2 rings (SSSR count). The first-order valence-corrected chi connectivity index (χ1v) is 7.92. The van der Waals surface area contributed by atoms with Crippen LogP contribution in [-0.2, 0) is 16.6 Å². The maximum atomic E-state index is 12.2. The number of benzene rings is 2. The summed E-state index contributed by atoms with van der Waals surface area (Å²) in [7, 11) is -0.881. The Kier molecular flexibility index (Phi) is 5.31. The van der Waals surface area contributed by atoms with Crippen molar-refractivity contribution in [3.05, 3.63) is 71.8 Å². The van der Waals surface area contributed by atoms with Gasteiger partial charge in [0, 0.05) is 34.8 Å². The molecule has 2 aromatic carbocycles. The van der Waals surface area contributed by atoms with Gasteiger partial charge in [0.05, 0.1) is 0 Å². The van der Waals surface area contributed by atoms with E-state index in [0.717, 1.165) is 5.56 Å².